The molecule has 0 fully saturated rings. The molecule has 516 valence electrons. The first-order chi connectivity index (χ1) is 42.1. The summed E-state index contributed by atoms with van der Waals surface area (Å²) in [4.78, 5) is 72.1. The van der Waals surface area contributed by atoms with Gasteiger partial charge in [-0.15, -0.1) is 0 Å². The van der Waals surface area contributed by atoms with Crippen molar-refractivity contribution in [2.75, 3.05) is 39.6 Å². The van der Waals surface area contributed by atoms with E-state index >= 15 is 0 Å². The highest BCUT2D eigenvalue weighted by atomic mass is 31.2. The number of hydrogen-bond donors (Lipinski definition) is 3. The third kappa shape index (κ3) is 61.3. The van der Waals surface area contributed by atoms with Gasteiger partial charge in [-0.05, 0) is 31.6 Å². The van der Waals surface area contributed by atoms with E-state index in [9.17, 15) is 43.2 Å². The van der Waals surface area contributed by atoms with Gasteiger partial charge in [0, 0.05) is 25.7 Å². The van der Waals surface area contributed by atoms with Crippen LogP contribution in [0.15, 0.2) is 0 Å². The molecule has 0 bridgehead atoms. The predicted molar refractivity (Wildman–Crippen MR) is 349 cm³/mol. The number of phosphoric ester groups is 2. The van der Waals surface area contributed by atoms with Crippen LogP contribution in [-0.2, 0) is 65.4 Å². The van der Waals surface area contributed by atoms with E-state index in [1.54, 1.807) is 0 Å². The number of unbranched alkanes of at least 4 members (excludes halogenated alkanes) is 39. The Balaban J connectivity index is 5.14. The molecule has 0 radical (unpaired) electrons. The van der Waals surface area contributed by atoms with Crippen LogP contribution in [0.5, 0.6) is 0 Å². The highest BCUT2D eigenvalue weighted by Gasteiger charge is 2.30. The molecule has 3 N–H and O–H groups in total. The molecule has 3 unspecified atom stereocenters. The van der Waals surface area contributed by atoms with Crippen molar-refractivity contribution in [2.45, 2.75) is 368 Å². The summed E-state index contributed by atoms with van der Waals surface area (Å²) in [5.74, 6) is -1.33. The second-order valence-corrected chi connectivity index (χ2v) is 27.7. The van der Waals surface area contributed by atoms with Crippen molar-refractivity contribution in [2.24, 2.45) is 5.92 Å². The highest BCUT2D eigenvalue weighted by Crippen LogP contribution is 2.45. The van der Waals surface area contributed by atoms with E-state index in [1.165, 1.54) is 148 Å². The minimum atomic E-state index is -4.95. The lowest BCUT2D eigenvalue weighted by Gasteiger charge is -2.21. The molecule has 0 aromatic heterocycles. The van der Waals surface area contributed by atoms with Crippen LogP contribution in [0.3, 0.4) is 0 Å². The average Bonchev–Trinajstić information content (AvgIpc) is 3.63. The van der Waals surface area contributed by atoms with E-state index in [0.29, 0.717) is 25.7 Å². The fraction of sp³-hybridized carbons (Fsp3) is 0.941. The first-order valence-corrected chi connectivity index (χ1v) is 38.7. The molecule has 6 atom stereocenters. The van der Waals surface area contributed by atoms with Gasteiger partial charge in [-0.25, -0.2) is 9.13 Å². The first kappa shape index (κ1) is 85.1. The Morgan fingerprint density at radius 2 is 0.552 bits per heavy atom. The van der Waals surface area contributed by atoms with E-state index in [2.05, 4.69) is 34.6 Å². The van der Waals surface area contributed by atoms with Gasteiger partial charge in [0.25, 0.3) is 0 Å². The number of aliphatic hydroxyl groups excluding tert-OH is 1. The zero-order valence-corrected chi connectivity index (χ0v) is 57.9. The first-order valence-electron chi connectivity index (χ1n) is 35.7. The Bertz CT molecular complexity index is 1690. The summed E-state index contributed by atoms with van der Waals surface area (Å²) in [6.07, 6.45) is 47.5. The quantitative estimate of drug-likeness (QED) is 0.0222. The van der Waals surface area contributed by atoms with Crippen molar-refractivity contribution in [3.63, 3.8) is 0 Å². The standard InChI is InChI=1S/C68H132O17P2/c1-6-10-13-16-19-20-21-22-23-24-25-26-27-28-29-34-39-44-49-54-68(73)85-64(58-79-66(71)52-47-42-38-33-31-30-32-37-40-45-50-61(5)9-4)60-83-87(76,77)81-56-62(69)55-80-86(74,75)82-59-63(84-67(72)53-48-43-36-18-15-12-8-3)57-78-65(70)51-46-41-35-17-14-11-7-2/h61-64,69H,6-60H2,1-5H3,(H,74,75)(H,76,77)/t61?,62-,63+,64+/m0/s1. The summed E-state index contributed by atoms with van der Waals surface area (Å²) >= 11 is 0. The maximum atomic E-state index is 13.0. The Labute approximate surface area is 530 Å². The fourth-order valence-electron chi connectivity index (χ4n) is 10.3. The third-order valence-corrected chi connectivity index (χ3v) is 18.0. The second-order valence-electron chi connectivity index (χ2n) is 24.8. The van der Waals surface area contributed by atoms with E-state index in [1.807, 2.05) is 0 Å². The zero-order valence-electron chi connectivity index (χ0n) is 56.2. The largest absolute Gasteiger partial charge is 0.472 e. The molecule has 0 amide bonds. The number of ether oxygens (including phenoxy) is 4. The highest BCUT2D eigenvalue weighted by molar-refractivity contribution is 7.47. The van der Waals surface area contributed by atoms with Crippen LogP contribution in [-0.4, -0.2) is 96.7 Å². The average molecular weight is 1280 g/mol. The molecular weight excluding hydrogens is 1150 g/mol. The summed E-state index contributed by atoms with van der Waals surface area (Å²) in [6.45, 7) is 7.17. The number of esters is 4. The molecule has 0 aliphatic rings. The summed E-state index contributed by atoms with van der Waals surface area (Å²) in [5.41, 5.74) is 0. The van der Waals surface area contributed by atoms with E-state index in [0.717, 1.165) is 121 Å². The number of aliphatic hydroxyl groups is 1. The van der Waals surface area contributed by atoms with E-state index in [-0.39, 0.29) is 25.7 Å². The van der Waals surface area contributed by atoms with Crippen molar-refractivity contribution >= 4 is 39.5 Å². The van der Waals surface area contributed by atoms with Crippen LogP contribution in [0.25, 0.3) is 0 Å². The van der Waals surface area contributed by atoms with Gasteiger partial charge in [0.2, 0.25) is 0 Å². The topological polar surface area (TPSA) is 237 Å². The lowest BCUT2D eigenvalue weighted by atomic mass is 9.99. The molecule has 0 spiro atoms. The number of carbonyl (C=O) groups excluding carboxylic acids is 4. The molecule has 0 rings (SSSR count). The number of hydrogen-bond acceptors (Lipinski definition) is 15. The minimum Gasteiger partial charge on any atom is -0.462 e. The van der Waals surface area contributed by atoms with Gasteiger partial charge in [-0.3, -0.25) is 37.3 Å². The van der Waals surface area contributed by atoms with Gasteiger partial charge in [-0.1, -0.05) is 298 Å². The Hall–Kier alpha value is -1.94. The van der Waals surface area contributed by atoms with Crippen LogP contribution >= 0.6 is 15.6 Å². The van der Waals surface area contributed by atoms with Gasteiger partial charge in [-0.2, -0.15) is 0 Å². The molecule has 0 aliphatic carbocycles. The minimum absolute atomic E-state index is 0.104. The zero-order chi connectivity index (χ0) is 64.2. The Morgan fingerprint density at radius 1 is 0.322 bits per heavy atom. The lowest BCUT2D eigenvalue weighted by molar-refractivity contribution is -0.161. The van der Waals surface area contributed by atoms with Crippen LogP contribution in [0.2, 0.25) is 0 Å². The number of carbonyl (C=O) groups is 4. The second kappa shape index (κ2) is 61.6. The number of rotatable bonds is 68. The molecule has 0 heterocycles. The predicted octanol–water partition coefficient (Wildman–Crippen LogP) is 19.4. The van der Waals surface area contributed by atoms with Gasteiger partial charge in [0.1, 0.15) is 19.3 Å². The lowest BCUT2D eigenvalue weighted by Crippen LogP contribution is -2.30. The summed E-state index contributed by atoms with van der Waals surface area (Å²) < 4.78 is 68.0. The normalized spacial score (nSPS) is 14.4. The Morgan fingerprint density at radius 3 is 0.816 bits per heavy atom. The molecular formula is C68H132O17P2. The molecule has 0 saturated heterocycles. The van der Waals surface area contributed by atoms with Crippen molar-refractivity contribution in [1.29, 1.82) is 0 Å². The van der Waals surface area contributed by atoms with Crippen LogP contribution in [0.1, 0.15) is 349 Å². The van der Waals surface area contributed by atoms with Gasteiger partial charge >= 0.3 is 39.5 Å². The van der Waals surface area contributed by atoms with Gasteiger partial charge < -0.3 is 33.8 Å². The number of phosphoric acid groups is 2. The molecule has 87 heavy (non-hydrogen) atoms. The fourth-order valence-corrected chi connectivity index (χ4v) is 11.8. The molecule has 0 aromatic rings. The third-order valence-electron chi connectivity index (χ3n) is 16.1. The smallest absolute Gasteiger partial charge is 0.462 e. The maximum Gasteiger partial charge on any atom is 0.472 e. The monoisotopic (exact) mass is 1280 g/mol. The van der Waals surface area contributed by atoms with Gasteiger partial charge in [0.05, 0.1) is 26.4 Å². The van der Waals surface area contributed by atoms with Gasteiger partial charge in [0.15, 0.2) is 12.2 Å². The van der Waals surface area contributed by atoms with Crippen molar-refractivity contribution in [3.05, 3.63) is 0 Å². The summed E-state index contributed by atoms with van der Waals surface area (Å²) in [7, 11) is -9.88. The summed E-state index contributed by atoms with van der Waals surface area (Å²) in [6, 6.07) is 0. The van der Waals surface area contributed by atoms with E-state index < -0.39 is 97.5 Å². The van der Waals surface area contributed by atoms with Crippen molar-refractivity contribution in [1.82, 2.24) is 0 Å². The molecule has 17 nitrogen and oxygen atoms in total. The van der Waals surface area contributed by atoms with Crippen molar-refractivity contribution < 1.29 is 80.2 Å². The molecule has 0 aliphatic heterocycles. The van der Waals surface area contributed by atoms with Crippen LogP contribution in [0, 0.1) is 5.92 Å². The maximum absolute atomic E-state index is 13.0. The summed E-state index contributed by atoms with van der Waals surface area (Å²) in [5, 5.41) is 10.5. The van der Waals surface area contributed by atoms with E-state index in [4.69, 9.17) is 37.0 Å². The molecule has 0 aromatic carbocycles. The molecule has 19 heteroatoms. The molecule has 0 saturated carbocycles. The Kier molecular flexibility index (Phi) is 60.2. The van der Waals surface area contributed by atoms with Crippen LogP contribution in [0.4, 0.5) is 0 Å². The van der Waals surface area contributed by atoms with Crippen LogP contribution < -0.4 is 0 Å². The van der Waals surface area contributed by atoms with Crippen molar-refractivity contribution in [3.8, 4) is 0 Å². The SMILES string of the molecule is CCCCCCCCCCCCCCCCCCCCCC(=O)O[C@H](COC(=O)CCCCCCCCCCCCC(C)CC)COP(=O)(O)OC[C@@H](O)COP(=O)(O)OC[C@@H](COC(=O)CCCCCCCCC)OC(=O)CCCCCCCCC.